The minimum absolute atomic E-state index is 0.0405. The van der Waals surface area contributed by atoms with E-state index in [1.54, 1.807) is 19.1 Å². The van der Waals surface area contributed by atoms with Crippen LogP contribution in [0.3, 0.4) is 0 Å². The molecule has 1 aromatic rings. The first-order chi connectivity index (χ1) is 13.5. The second kappa shape index (κ2) is 12.0. The van der Waals surface area contributed by atoms with Gasteiger partial charge < -0.3 is 15.0 Å². The van der Waals surface area contributed by atoms with E-state index in [1.807, 2.05) is 18.2 Å². The summed E-state index contributed by atoms with van der Waals surface area (Å²) in [6, 6.07) is 13.5. The van der Waals surface area contributed by atoms with Gasteiger partial charge in [-0.3, -0.25) is 0 Å². The zero-order valence-electron chi connectivity index (χ0n) is 16.8. The number of nitrogens with zero attached hydrogens (tertiary/aromatic N) is 4. The van der Waals surface area contributed by atoms with Crippen LogP contribution in [0.2, 0.25) is 0 Å². The van der Waals surface area contributed by atoms with Crippen LogP contribution in [0.1, 0.15) is 33.6 Å². The van der Waals surface area contributed by atoms with Crippen LogP contribution < -0.4 is 10.2 Å². The molecule has 0 heterocycles. The molecule has 1 unspecified atom stereocenters. The molecule has 0 aliphatic heterocycles. The van der Waals surface area contributed by atoms with Gasteiger partial charge in [0.25, 0.3) is 0 Å². The Balaban J connectivity index is 2.75. The predicted octanol–water partition coefficient (Wildman–Crippen LogP) is 4.51. The molecule has 1 N–H and O–H groups in total. The monoisotopic (exact) mass is 377 g/mol. The number of rotatable bonds is 11. The fourth-order valence-electron chi connectivity index (χ4n) is 2.66. The van der Waals surface area contributed by atoms with Gasteiger partial charge in [-0.2, -0.15) is 15.8 Å². The molecule has 0 radical (unpaired) electrons. The highest BCUT2D eigenvalue weighted by atomic mass is 16.5. The number of nitrogens with one attached hydrogen (secondary N) is 1. The zero-order chi connectivity index (χ0) is 20.9. The summed E-state index contributed by atoms with van der Waals surface area (Å²) >= 11 is 0. The minimum Gasteiger partial charge on any atom is -0.485 e. The third kappa shape index (κ3) is 6.71. The molecule has 0 aromatic heterocycles. The number of allylic oxidation sites excluding steroid dienone is 2. The van der Waals surface area contributed by atoms with Gasteiger partial charge in [-0.15, -0.1) is 0 Å². The van der Waals surface area contributed by atoms with E-state index in [0.29, 0.717) is 6.54 Å². The van der Waals surface area contributed by atoms with Crippen molar-refractivity contribution in [3.63, 3.8) is 0 Å². The maximum atomic E-state index is 9.03. The Morgan fingerprint density at radius 3 is 2.11 bits per heavy atom. The third-order valence-electron chi connectivity index (χ3n) is 3.99. The molecular formula is C22H27N5O. The number of anilines is 2. The predicted molar refractivity (Wildman–Crippen MR) is 111 cm³/mol. The first-order valence-corrected chi connectivity index (χ1v) is 9.39. The quantitative estimate of drug-likeness (QED) is 0.346. The Kier molecular flexibility index (Phi) is 9.73. The number of benzene rings is 1. The van der Waals surface area contributed by atoms with E-state index < -0.39 is 0 Å². The summed E-state index contributed by atoms with van der Waals surface area (Å²) < 4.78 is 5.64. The van der Waals surface area contributed by atoms with Crippen molar-refractivity contribution in [1.82, 2.24) is 0 Å². The molecule has 0 saturated carbocycles. The van der Waals surface area contributed by atoms with Crippen molar-refractivity contribution in [1.29, 1.82) is 15.8 Å². The SMILES string of the molecule is C=C(C#N)C(OC(C)CNc1ccc(N(CCC)CCC)cc1)=C(C#N)C#N. The normalized spacial score (nSPS) is 10.6. The Bertz CT molecular complexity index is 783. The largest absolute Gasteiger partial charge is 0.485 e. The number of hydrogen-bond acceptors (Lipinski definition) is 6. The molecular weight excluding hydrogens is 350 g/mol. The smallest absolute Gasteiger partial charge is 0.172 e. The van der Waals surface area contributed by atoms with Crippen LogP contribution in [0.5, 0.6) is 0 Å². The van der Waals surface area contributed by atoms with Crippen molar-refractivity contribution in [2.45, 2.75) is 39.7 Å². The van der Waals surface area contributed by atoms with E-state index in [1.165, 1.54) is 5.69 Å². The molecule has 0 aliphatic carbocycles. The van der Waals surface area contributed by atoms with Crippen molar-refractivity contribution in [2.75, 3.05) is 29.9 Å². The van der Waals surface area contributed by atoms with E-state index in [9.17, 15) is 0 Å². The lowest BCUT2D eigenvalue weighted by Gasteiger charge is -2.24. The molecule has 0 fully saturated rings. The summed E-state index contributed by atoms with van der Waals surface area (Å²) in [4.78, 5) is 2.37. The van der Waals surface area contributed by atoms with Crippen molar-refractivity contribution >= 4 is 11.4 Å². The maximum Gasteiger partial charge on any atom is 0.172 e. The van der Waals surface area contributed by atoms with Gasteiger partial charge in [0.2, 0.25) is 0 Å². The number of ether oxygens (including phenoxy) is 1. The molecule has 0 spiro atoms. The molecule has 1 aromatic carbocycles. The molecule has 1 rings (SSSR count). The summed E-state index contributed by atoms with van der Waals surface area (Å²) in [7, 11) is 0. The van der Waals surface area contributed by atoms with E-state index in [-0.39, 0.29) is 23.0 Å². The van der Waals surface area contributed by atoms with E-state index in [0.717, 1.165) is 31.6 Å². The summed E-state index contributed by atoms with van der Waals surface area (Å²) in [5.41, 5.74) is 1.84. The Hall–Kier alpha value is -3.43. The zero-order valence-corrected chi connectivity index (χ0v) is 16.8. The van der Waals surface area contributed by atoms with E-state index in [2.05, 4.69) is 42.8 Å². The van der Waals surface area contributed by atoms with Crippen LogP contribution >= 0.6 is 0 Å². The third-order valence-corrected chi connectivity index (χ3v) is 3.99. The van der Waals surface area contributed by atoms with Crippen LogP contribution in [0.25, 0.3) is 0 Å². The van der Waals surface area contributed by atoms with Crippen molar-refractivity contribution in [2.24, 2.45) is 0 Å². The highest BCUT2D eigenvalue weighted by molar-refractivity contribution is 5.55. The average Bonchev–Trinajstić information content (AvgIpc) is 2.72. The molecule has 6 nitrogen and oxygen atoms in total. The second-order valence-corrected chi connectivity index (χ2v) is 6.36. The lowest BCUT2D eigenvalue weighted by molar-refractivity contribution is 0.149. The molecule has 6 heteroatoms. The maximum absolute atomic E-state index is 9.03. The van der Waals surface area contributed by atoms with E-state index in [4.69, 9.17) is 20.5 Å². The molecule has 28 heavy (non-hydrogen) atoms. The Morgan fingerprint density at radius 2 is 1.64 bits per heavy atom. The lowest BCUT2D eigenvalue weighted by atomic mass is 10.1. The summed E-state index contributed by atoms with van der Waals surface area (Å²) in [6.45, 7) is 12.2. The molecule has 0 saturated heterocycles. The van der Waals surface area contributed by atoms with Crippen LogP contribution in [0, 0.1) is 34.0 Å². The molecule has 1 atom stereocenters. The molecule has 146 valence electrons. The van der Waals surface area contributed by atoms with Gasteiger partial charge in [-0.1, -0.05) is 20.4 Å². The van der Waals surface area contributed by atoms with E-state index >= 15 is 0 Å². The minimum atomic E-state index is -0.367. The Labute approximate surface area is 167 Å². The molecule has 0 bridgehead atoms. The van der Waals surface area contributed by atoms with Crippen LogP contribution in [-0.4, -0.2) is 25.7 Å². The fourth-order valence-corrected chi connectivity index (χ4v) is 2.66. The van der Waals surface area contributed by atoms with Crippen molar-refractivity contribution in [3.05, 3.63) is 47.7 Å². The summed E-state index contributed by atoms with van der Waals surface area (Å²) in [5, 5.41) is 30.3. The first kappa shape index (κ1) is 22.6. The highest BCUT2D eigenvalue weighted by Crippen LogP contribution is 2.20. The number of nitriles is 3. The standard InChI is InChI=1S/C22H27N5O/c1-5-11-27(12-6-2)21-9-7-20(8-10-21)26-16-18(4)28-22(17(3)13-23)19(14-24)15-25/h7-10,18,26H,3,5-6,11-12,16H2,1-2,4H3. The van der Waals surface area contributed by atoms with Crippen LogP contribution in [0.4, 0.5) is 11.4 Å². The van der Waals surface area contributed by atoms with Crippen LogP contribution in [0.15, 0.2) is 47.7 Å². The van der Waals surface area contributed by atoms with Gasteiger partial charge in [-0.05, 0) is 44.0 Å². The summed E-state index contributed by atoms with van der Waals surface area (Å²) in [6.07, 6.45) is 1.84. The van der Waals surface area contributed by atoms with Gasteiger partial charge in [0, 0.05) is 24.5 Å². The van der Waals surface area contributed by atoms with Gasteiger partial charge in [0.15, 0.2) is 11.3 Å². The topological polar surface area (TPSA) is 95.9 Å². The summed E-state index contributed by atoms with van der Waals surface area (Å²) in [5.74, 6) is -0.0630. The lowest BCUT2D eigenvalue weighted by Crippen LogP contribution is -2.24. The fraction of sp³-hybridized carbons (Fsp3) is 0.409. The van der Waals surface area contributed by atoms with Crippen LogP contribution in [-0.2, 0) is 4.74 Å². The Morgan fingerprint density at radius 1 is 1.07 bits per heavy atom. The highest BCUT2D eigenvalue weighted by Gasteiger charge is 2.15. The van der Waals surface area contributed by atoms with Crippen molar-refractivity contribution < 1.29 is 4.74 Å². The first-order valence-electron chi connectivity index (χ1n) is 9.39. The second-order valence-electron chi connectivity index (χ2n) is 6.36. The van der Waals surface area contributed by atoms with Gasteiger partial charge in [0.1, 0.15) is 24.3 Å². The van der Waals surface area contributed by atoms with Crippen molar-refractivity contribution in [3.8, 4) is 18.2 Å². The number of hydrogen-bond donors (Lipinski definition) is 1. The average molecular weight is 377 g/mol. The molecule has 0 amide bonds. The van der Waals surface area contributed by atoms with Gasteiger partial charge >= 0.3 is 0 Å². The van der Waals surface area contributed by atoms with Gasteiger partial charge in [0.05, 0.1) is 12.1 Å². The van der Waals surface area contributed by atoms with Gasteiger partial charge in [-0.25, -0.2) is 0 Å². The molecule has 0 aliphatic rings.